The van der Waals surface area contributed by atoms with E-state index in [1.807, 2.05) is 42.6 Å². The molecule has 0 saturated heterocycles. The summed E-state index contributed by atoms with van der Waals surface area (Å²) < 4.78 is 15.9. The molecule has 0 aliphatic rings. The van der Waals surface area contributed by atoms with Crippen molar-refractivity contribution in [3.8, 4) is 22.1 Å². The Bertz CT molecular complexity index is 1060. The molecule has 0 saturated carbocycles. The van der Waals surface area contributed by atoms with Crippen molar-refractivity contribution >= 4 is 23.2 Å². The zero-order valence-corrected chi connectivity index (χ0v) is 18.5. The normalized spacial score (nSPS) is 10.4. The van der Waals surface area contributed by atoms with Crippen LogP contribution in [0.4, 0.5) is 0 Å². The van der Waals surface area contributed by atoms with Gasteiger partial charge < -0.3 is 19.5 Å². The standard InChI is InChI=1S/C23H24N2O5S/c1-15-6-4-5-7-18(15)22(27)24-11-10-21(26)30-13-17-14-31-23(25-17)16-8-9-19(28-2)20(12-16)29-3/h4-9,12,14H,10-11,13H2,1-3H3,(H,24,27). The van der Waals surface area contributed by atoms with Crippen molar-refractivity contribution in [3.05, 3.63) is 64.7 Å². The van der Waals surface area contributed by atoms with Gasteiger partial charge in [0.05, 0.1) is 26.3 Å². The number of hydrogen-bond donors (Lipinski definition) is 1. The van der Waals surface area contributed by atoms with Crippen molar-refractivity contribution in [1.29, 1.82) is 0 Å². The lowest BCUT2D eigenvalue weighted by Gasteiger charge is -2.08. The summed E-state index contributed by atoms with van der Waals surface area (Å²) in [6, 6.07) is 12.9. The zero-order chi connectivity index (χ0) is 22.2. The van der Waals surface area contributed by atoms with Crippen molar-refractivity contribution in [1.82, 2.24) is 10.3 Å². The average Bonchev–Trinajstić information content (AvgIpc) is 3.26. The van der Waals surface area contributed by atoms with Gasteiger partial charge in [0, 0.05) is 23.1 Å². The number of thiazole rings is 1. The van der Waals surface area contributed by atoms with Crippen LogP contribution in [-0.2, 0) is 16.1 Å². The number of rotatable bonds is 9. The maximum absolute atomic E-state index is 12.2. The molecule has 1 amide bonds. The third kappa shape index (κ3) is 5.82. The molecular formula is C23H24N2O5S. The summed E-state index contributed by atoms with van der Waals surface area (Å²) in [5.74, 6) is 0.665. The Morgan fingerprint density at radius 3 is 2.58 bits per heavy atom. The molecule has 0 unspecified atom stereocenters. The van der Waals surface area contributed by atoms with Crippen LogP contribution in [0.2, 0.25) is 0 Å². The topological polar surface area (TPSA) is 86.8 Å². The number of nitrogens with one attached hydrogen (secondary N) is 1. The number of aryl methyl sites for hydroxylation is 1. The highest BCUT2D eigenvalue weighted by Gasteiger charge is 2.12. The van der Waals surface area contributed by atoms with Gasteiger partial charge in [-0.1, -0.05) is 18.2 Å². The van der Waals surface area contributed by atoms with Crippen molar-refractivity contribution in [3.63, 3.8) is 0 Å². The molecule has 0 radical (unpaired) electrons. The first-order chi connectivity index (χ1) is 15.0. The number of benzene rings is 2. The van der Waals surface area contributed by atoms with Gasteiger partial charge in [-0.05, 0) is 36.8 Å². The lowest BCUT2D eigenvalue weighted by molar-refractivity contribution is -0.144. The predicted molar refractivity (Wildman–Crippen MR) is 119 cm³/mol. The first kappa shape index (κ1) is 22.3. The minimum Gasteiger partial charge on any atom is -0.493 e. The molecule has 1 aromatic heterocycles. The molecule has 3 rings (SSSR count). The summed E-state index contributed by atoms with van der Waals surface area (Å²) in [5.41, 5.74) is 3.03. The number of carbonyl (C=O) groups excluding carboxylic acids is 2. The monoisotopic (exact) mass is 440 g/mol. The molecule has 0 fully saturated rings. The zero-order valence-electron chi connectivity index (χ0n) is 17.6. The average molecular weight is 441 g/mol. The second-order valence-electron chi connectivity index (χ2n) is 6.70. The van der Waals surface area contributed by atoms with Gasteiger partial charge in [0.15, 0.2) is 11.5 Å². The molecule has 0 bridgehead atoms. The molecule has 0 aliphatic heterocycles. The third-order valence-electron chi connectivity index (χ3n) is 4.57. The van der Waals surface area contributed by atoms with Crippen LogP contribution >= 0.6 is 11.3 Å². The molecule has 1 heterocycles. The number of aromatic nitrogens is 1. The molecule has 2 aromatic carbocycles. The van der Waals surface area contributed by atoms with E-state index in [0.717, 1.165) is 16.1 Å². The quantitative estimate of drug-likeness (QED) is 0.506. The van der Waals surface area contributed by atoms with E-state index in [9.17, 15) is 9.59 Å². The van der Waals surface area contributed by atoms with Gasteiger partial charge in [-0.15, -0.1) is 11.3 Å². The molecule has 3 aromatic rings. The van der Waals surface area contributed by atoms with E-state index in [2.05, 4.69) is 10.3 Å². The van der Waals surface area contributed by atoms with Crippen LogP contribution in [0.15, 0.2) is 47.8 Å². The summed E-state index contributed by atoms with van der Waals surface area (Å²) in [4.78, 5) is 28.7. The largest absolute Gasteiger partial charge is 0.493 e. The Hall–Kier alpha value is -3.39. The van der Waals surface area contributed by atoms with Crippen LogP contribution in [0.3, 0.4) is 0 Å². The number of amides is 1. The molecule has 8 heteroatoms. The van der Waals surface area contributed by atoms with E-state index in [1.54, 1.807) is 26.4 Å². The van der Waals surface area contributed by atoms with E-state index in [4.69, 9.17) is 14.2 Å². The number of hydrogen-bond acceptors (Lipinski definition) is 7. The third-order valence-corrected chi connectivity index (χ3v) is 5.51. The SMILES string of the molecule is COc1ccc(-c2nc(COC(=O)CCNC(=O)c3ccccc3C)cs2)cc1OC. The molecule has 1 N–H and O–H groups in total. The highest BCUT2D eigenvalue weighted by Crippen LogP contribution is 2.33. The molecule has 0 aliphatic carbocycles. The van der Waals surface area contributed by atoms with E-state index in [1.165, 1.54) is 11.3 Å². The summed E-state index contributed by atoms with van der Waals surface area (Å²) >= 11 is 1.45. The first-order valence-corrected chi connectivity index (χ1v) is 10.6. The van der Waals surface area contributed by atoms with Crippen molar-refractivity contribution in [2.75, 3.05) is 20.8 Å². The fourth-order valence-corrected chi connectivity index (χ4v) is 3.70. The lowest BCUT2D eigenvalue weighted by atomic mass is 10.1. The Morgan fingerprint density at radius 2 is 1.84 bits per heavy atom. The van der Waals surface area contributed by atoms with Crippen molar-refractivity contribution in [2.45, 2.75) is 20.0 Å². The maximum atomic E-state index is 12.2. The second-order valence-corrected chi connectivity index (χ2v) is 7.55. The number of ether oxygens (including phenoxy) is 3. The van der Waals surface area contributed by atoms with Crippen molar-refractivity contribution < 1.29 is 23.8 Å². The summed E-state index contributed by atoms with van der Waals surface area (Å²) in [7, 11) is 3.17. The van der Waals surface area contributed by atoms with Gasteiger partial charge in [0.25, 0.3) is 5.91 Å². The van der Waals surface area contributed by atoms with E-state index in [-0.39, 0.29) is 25.5 Å². The fraction of sp³-hybridized carbons (Fsp3) is 0.261. The van der Waals surface area contributed by atoms with E-state index >= 15 is 0 Å². The molecular weight excluding hydrogens is 416 g/mol. The predicted octanol–water partition coefficient (Wildman–Crippen LogP) is 4.00. The van der Waals surface area contributed by atoms with Gasteiger partial charge in [-0.3, -0.25) is 9.59 Å². The maximum Gasteiger partial charge on any atom is 0.307 e. The van der Waals surface area contributed by atoms with E-state index in [0.29, 0.717) is 22.8 Å². The Labute approximate surface area is 185 Å². The molecule has 0 atom stereocenters. The van der Waals surface area contributed by atoms with Crippen LogP contribution in [-0.4, -0.2) is 37.6 Å². The summed E-state index contributed by atoms with van der Waals surface area (Å²) in [6.07, 6.45) is 0.0876. The minimum atomic E-state index is -0.397. The molecule has 162 valence electrons. The molecule has 0 spiro atoms. The number of methoxy groups -OCH3 is 2. The number of nitrogens with zero attached hydrogens (tertiary/aromatic N) is 1. The van der Waals surface area contributed by atoms with Crippen molar-refractivity contribution in [2.24, 2.45) is 0 Å². The lowest BCUT2D eigenvalue weighted by Crippen LogP contribution is -2.27. The Kier molecular flexibility index (Phi) is 7.61. The van der Waals surface area contributed by atoms with Crippen LogP contribution in [0.25, 0.3) is 10.6 Å². The minimum absolute atomic E-state index is 0.0777. The number of esters is 1. The van der Waals surface area contributed by atoms with Gasteiger partial charge in [-0.2, -0.15) is 0 Å². The van der Waals surface area contributed by atoms with Gasteiger partial charge in [-0.25, -0.2) is 4.98 Å². The van der Waals surface area contributed by atoms with Crippen LogP contribution < -0.4 is 14.8 Å². The Balaban J connectivity index is 1.48. The summed E-state index contributed by atoms with van der Waals surface area (Å²) in [5, 5.41) is 5.38. The first-order valence-electron chi connectivity index (χ1n) is 9.68. The fourth-order valence-electron chi connectivity index (χ4n) is 2.90. The van der Waals surface area contributed by atoms with E-state index < -0.39 is 5.97 Å². The van der Waals surface area contributed by atoms with Gasteiger partial charge in [0.2, 0.25) is 0 Å². The van der Waals surface area contributed by atoms with Crippen LogP contribution in [0.5, 0.6) is 11.5 Å². The summed E-state index contributed by atoms with van der Waals surface area (Å²) in [6.45, 7) is 2.15. The molecule has 31 heavy (non-hydrogen) atoms. The highest BCUT2D eigenvalue weighted by molar-refractivity contribution is 7.13. The smallest absolute Gasteiger partial charge is 0.307 e. The highest BCUT2D eigenvalue weighted by atomic mass is 32.1. The number of carbonyl (C=O) groups is 2. The van der Waals surface area contributed by atoms with Gasteiger partial charge in [0.1, 0.15) is 11.6 Å². The Morgan fingerprint density at radius 1 is 1.06 bits per heavy atom. The molecule has 7 nitrogen and oxygen atoms in total. The van der Waals surface area contributed by atoms with Crippen LogP contribution in [0.1, 0.15) is 28.0 Å². The second kappa shape index (κ2) is 10.6. The van der Waals surface area contributed by atoms with Crippen LogP contribution in [0, 0.1) is 6.92 Å². The van der Waals surface area contributed by atoms with Gasteiger partial charge >= 0.3 is 5.97 Å².